The Morgan fingerprint density at radius 3 is 2.67 bits per heavy atom. The lowest BCUT2D eigenvalue weighted by Crippen LogP contribution is -2.06. The molecule has 1 N–H and O–H groups in total. The second-order valence-corrected chi connectivity index (χ2v) is 4.83. The molecule has 0 aliphatic heterocycles. The van der Waals surface area contributed by atoms with Gasteiger partial charge in [-0.2, -0.15) is 5.10 Å². The molecule has 0 fully saturated rings. The van der Waals surface area contributed by atoms with Crippen molar-refractivity contribution >= 4 is 21.9 Å². The summed E-state index contributed by atoms with van der Waals surface area (Å²) in [6.45, 7) is 4.29. The predicted octanol–water partition coefficient (Wildman–Crippen LogP) is 2.40. The minimum Gasteiger partial charge on any atom is -0.478 e. The first-order valence-corrected chi connectivity index (χ1v) is 6.16. The van der Waals surface area contributed by atoms with Crippen LogP contribution in [0.4, 0.5) is 0 Å². The second kappa shape index (κ2) is 4.89. The molecular formula is C12H12BrN3O2. The monoisotopic (exact) mass is 309 g/mol. The number of rotatable bonds is 3. The zero-order valence-electron chi connectivity index (χ0n) is 10.0. The van der Waals surface area contributed by atoms with Gasteiger partial charge in [0.1, 0.15) is 11.6 Å². The summed E-state index contributed by atoms with van der Waals surface area (Å²) in [5.41, 5.74) is 1.23. The van der Waals surface area contributed by atoms with Crippen molar-refractivity contribution in [2.24, 2.45) is 0 Å². The van der Waals surface area contributed by atoms with Crippen molar-refractivity contribution in [2.45, 2.75) is 20.4 Å². The topological polar surface area (TPSA) is 68.0 Å². The number of aromatic carboxylic acids is 1. The molecule has 0 bridgehead atoms. The van der Waals surface area contributed by atoms with Crippen LogP contribution in [0.3, 0.4) is 0 Å². The van der Waals surface area contributed by atoms with Gasteiger partial charge in [-0.1, -0.05) is 22.0 Å². The van der Waals surface area contributed by atoms with Crippen LogP contribution in [0, 0.1) is 13.8 Å². The van der Waals surface area contributed by atoms with Crippen LogP contribution in [0.5, 0.6) is 0 Å². The van der Waals surface area contributed by atoms with Crippen LogP contribution in [0.1, 0.15) is 27.6 Å². The molecule has 1 aromatic heterocycles. The standard InChI is InChI=1S/C12H12BrN3O2/c1-7-14-8(2)16(15-7)6-10-4-3-9(12(17)18)5-11(10)13/h3-5H,6H2,1-2H3,(H,17,18). The van der Waals surface area contributed by atoms with Crippen LogP contribution in [-0.2, 0) is 6.54 Å². The lowest BCUT2D eigenvalue weighted by molar-refractivity contribution is 0.0697. The predicted molar refractivity (Wildman–Crippen MR) is 69.7 cm³/mol. The minimum atomic E-state index is -0.935. The van der Waals surface area contributed by atoms with Gasteiger partial charge in [0.05, 0.1) is 12.1 Å². The maximum Gasteiger partial charge on any atom is 0.335 e. The highest BCUT2D eigenvalue weighted by Gasteiger charge is 2.09. The normalized spacial score (nSPS) is 10.6. The summed E-state index contributed by atoms with van der Waals surface area (Å²) in [7, 11) is 0. The van der Waals surface area contributed by atoms with Gasteiger partial charge in [0.25, 0.3) is 0 Å². The van der Waals surface area contributed by atoms with Crippen molar-refractivity contribution in [3.05, 3.63) is 45.4 Å². The Morgan fingerprint density at radius 2 is 2.17 bits per heavy atom. The number of nitrogens with zero attached hydrogens (tertiary/aromatic N) is 3. The molecule has 94 valence electrons. The number of hydrogen-bond acceptors (Lipinski definition) is 3. The molecule has 5 nitrogen and oxygen atoms in total. The van der Waals surface area contributed by atoms with Gasteiger partial charge < -0.3 is 5.11 Å². The maximum atomic E-state index is 10.8. The molecule has 0 unspecified atom stereocenters. The van der Waals surface area contributed by atoms with Crippen molar-refractivity contribution in [2.75, 3.05) is 0 Å². The lowest BCUT2D eigenvalue weighted by Gasteiger charge is -2.06. The third-order valence-electron chi connectivity index (χ3n) is 2.58. The molecule has 0 saturated heterocycles. The highest BCUT2D eigenvalue weighted by atomic mass is 79.9. The van der Waals surface area contributed by atoms with E-state index in [1.165, 1.54) is 0 Å². The number of carboxylic acids is 1. The van der Waals surface area contributed by atoms with Gasteiger partial charge in [-0.05, 0) is 31.5 Å². The number of halogens is 1. The molecule has 18 heavy (non-hydrogen) atoms. The van der Waals surface area contributed by atoms with E-state index in [2.05, 4.69) is 26.0 Å². The molecule has 0 amide bonds. The highest BCUT2D eigenvalue weighted by molar-refractivity contribution is 9.10. The van der Waals surface area contributed by atoms with E-state index >= 15 is 0 Å². The Morgan fingerprint density at radius 1 is 1.44 bits per heavy atom. The zero-order chi connectivity index (χ0) is 13.3. The van der Waals surface area contributed by atoms with Crippen molar-refractivity contribution in [1.82, 2.24) is 14.8 Å². The minimum absolute atomic E-state index is 0.261. The Hall–Kier alpha value is -1.69. The van der Waals surface area contributed by atoms with E-state index in [1.54, 1.807) is 22.9 Å². The van der Waals surface area contributed by atoms with E-state index in [0.29, 0.717) is 6.54 Å². The van der Waals surface area contributed by atoms with Gasteiger partial charge in [0.15, 0.2) is 0 Å². The highest BCUT2D eigenvalue weighted by Crippen LogP contribution is 2.20. The van der Waals surface area contributed by atoms with Crippen LogP contribution in [-0.4, -0.2) is 25.8 Å². The molecule has 0 radical (unpaired) electrons. The Labute approximate surface area is 113 Å². The molecular weight excluding hydrogens is 298 g/mol. The molecule has 0 spiro atoms. The fourth-order valence-electron chi connectivity index (χ4n) is 1.68. The summed E-state index contributed by atoms with van der Waals surface area (Å²) < 4.78 is 2.55. The fourth-order valence-corrected chi connectivity index (χ4v) is 2.19. The molecule has 1 aromatic carbocycles. The van der Waals surface area contributed by atoms with E-state index in [9.17, 15) is 4.79 Å². The van der Waals surface area contributed by atoms with Crippen molar-refractivity contribution in [3.8, 4) is 0 Å². The number of benzene rings is 1. The zero-order valence-corrected chi connectivity index (χ0v) is 11.6. The van der Waals surface area contributed by atoms with Gasteiger partial charge in [-0.25, -0.2) is 14.5 Å². The summed E-state index contributed by atoms with van der Waals surface area (Å²) in [6, 6.07) is 4.96. The number of aryl methyl sites for hydroxylation is 2. The van der Waals surface area contributed by atoms with Gasteiger partial charge in [-0.3, -0.25) is 0 Å². The van der Waals surface area contributed by atoms with Crippen LogP contribution in [0.25, 0.3) is 0 Å². The van der Waals surface area contributed by atoms with E-state index in [0.717, 1.165) is 21.7 Å². The molecule has 1 heterocycles. The average molecular weight is 310 g/mol. The average Bonchev–Trinajstić information content (AvgIpc) is 2.60. The van der Waals surface area contributed by atoms with Crippen LogP contribution in [0.2, 0.25) is 0 Å². The largest absolute Gasteiger partial charge is 0.478 e. The van der Waals surface area contributed by atoms with Crippen LogP contribution >= 0.6 is 15.9 Å². The number of carboxylic acid groups (broad SMARTS) is 1. The molecule has 0 atom stereocenters. The van der Waals surface area contributed by atoms with Gasteiger partial charge in [0.2, 0.25) is 0 Å². The van der Waals surface area contributed by atoms with E-state index in [-0.39, 0.29) is 5.56 Å². The first-order valence-electron chi connectivity index (χ1n) is 5.37. The molecule has 0 aliphatic rings. The van der Waals surface area contributed by atoms with E-state index in [4.69, 9.17) is 5.11 Å². The quantitative estimate of drug-likeness (QED) is 0.945. The third kappa shape index (κ3) is 2.59. The first-order chi connectivity index (χ1) is 8.47. The first kappa shape index (κ1) is 12.8. The molecule has 2 rings (SSSR count). The SMILES string of the molecule is Cc1nc(C)n(Cc2ccc(C(=O)O)cc2Br)n1. The van der Waals surface area contributed by atoms with Crippen LogP contribution in [0.15, 0.2) is 22.7 Å². The molecule has 0 aliphatic carbocycles. The molecule has 2 aromatic rings. The van der Waals surface area contributed by atoms with Gasteiger partial charge >= 0.3 is 5.97 Å². The second-order valence-electron chi connectivity index (χ2n) is 3.98. The molecule has 0 saturated carbocycles. The lowest BCUT2D eigenvalue weighted by atomic mass is 10.1. The fraction of sp³-hybridized carbons (Fsp3) is 0.250. The summed E-state index contributed by atoms with van der Waals surface area (Å²) in [5, 5.41) is 13.2. The van der Waals surface area contributed by atoms with Crippen molar-refractivity contribution in [3.63, 3.8) is 0 Å². The number of aromatic nitrogens is 3. The maximum absolute atomic E-state index is 10.8. The molecule has 6 heteroatoms. The van der Waals surface area contributed by atoms with Gasteiger partial charge in [-0.15, -0.1) is 0 Å². The van der Waals surface area contributed by atoms with Gasteiger partial charge in [0, 0.05) is 4.47 Å². The van der Waals surface area contributed by atoms with Crippen LogP contribution < -0.4 is 0 Å². The van der Waals surface area contributed by atoms with Crippen molar-refractivity contribution in [1.29, 1.82) is 0 Å². The van der Waals surface area contributed by atoms with E-state index in [1.807, 2.05) is 13.8 Å². The van der Waals surface area contributed by atoms with E-state index < -0.39 is 5.97 Å². The van der Waals surface area contributed by atoms with Crippen molar-refractivity contribution < 1.29 is 9.90 Å². The smallest absolute Gasteiger partial charge is 0.335 e. The number of hydrogen-bond donors (Lipinski definition) is 1. The summed E-state index contributed by atoms with van der Waals surface area (Å²) >= 11 is 3.38. The summed E-state index contributed by atoms with van der Waals surface area (Å²) in [4.78, 5) is 15.1. The summed E-state index contributed by atoms with van der Waals surface area (Å²) in [6.07, 6.45) is 0. The number of carbonyl (C=O) groups is 1. The summed E-state index contributed by atoms with van der Waals surface area (Å²) in [5.74, 6) is 0.627. The Bertz CT molecular complexity index is 607. The Balaban J connectivity index is 2.30. The Kier molecular flexibility index (Phi) is 3.47. The third-order valence-corrected chi connectivity index (χ3v) is 3.32.